The van der Waals surface area contributed by atoms with E-state index in [-0.39, 0.29) is 6.03 Å². The Kier molecular flexibility index (Phi) is 5.74. The number of anilines is 1. The number of carboxylic acids is 1. The summed E-state index contributed by atoms with van der Waals surface area (Å²) in [5, 5.41) is 9.87. The van der Waals surface area contributed by atoms with Gasteiger partial charge in [0.1, 0.15) is 5.75 Å². The molecule has 2 aromatic carbocycles. The average Bonchev–Trinajstić information content (AvgIpc) is 2.63. The lowest BCUT2D eigenvalue weighted by Crippen LogP contribution is -2.40. The van der Waals surface area contributed by atoms with Gasteiger partial charge in [0.05, 0.1) is 27.2 Å². The summed E-state index contributed by atoms with van der Waals surface area (Å²) in [7, 11) is 1.66. The lowest BCUT2D eigenvalue weighted by Gasteiger charge is -2.34. The molecule has 142 valence electrons. The van der Waals surface area contributed by atoms with Crippen molar-refractivity contribution >= 4 is 52.8 Å². The summed E-state index contributed by atoms with van der Waals surface area (Å²) >= 11 is 13.3. The van der Waals surface area contributed by atoms with E-state index in [4.69, 9.17) is 33.0 Å². The van der Waals surface area contributed by atoms with Crippen LogP contribution in [0.2, 0.25) is 10.0 Å². The number of halogens is 2. The third kappa shape index (κ3) is 4.26. The molecule has 2 amide bonds. The number of carbonyl (C=O) groups excluding carboxylic acids is 1. The lowest BCUT2D eigenvalue weighted by molar-refractivity contribution is -0.144. The molecule has 0 spiro atoms. The smallest absolute Gasteiger partial charge is 0.344 e. The van der Waals surface area contributed by atoms with Crippen molar-refractivity contribution in [2.24, 2.45) is 0 Å². The molecule has 1 N–H and O–H groups in total. The summed E-state index contributed by atoms with van der Waals surface area (Å²) in [6.45, 7) is 1.81. The van der Waals surface area contributed by atoms with Crippen LogP contribution in [0, 0.1) is 0 Å². The van der Waals surface area contributed by atoms with Gasteiger partial charge in [-0.25, -0.2) is 9.59 Å². The van der Waals surface area contributed by atoms with E-state index in [0.29, 0.717) is 28.0 Å². The minimum atomic E-state index is -1.06. The van der Waals surface area contributed by atoms with Gasteiger partial charge in [0.25, 0.3) is 0 Å². The first-order chi connectivity index (χ1) is 12.8. The number of aliphatic carboxylic acids is 1. The van der Waals surface area contributed by atoms with Gasteiger partial charge in [0, 0.05) is 13.1 Å². The monoisotopic (exact) mass is 426 g/mol. The molecular weight excluding hydrogens is 411 g/mol. The predicted molar refractivity (Wildman–Crippen MR) is 106 cm³/mol. The fraction of sp³-hybridized carbons (Fsp3) is 0.222. The van der Waals surface area contributed by atoms with Crippen molar-refractivity contribution in [3.63, 3.8) is 0 Å². The molecule has 6 nitrogen and oxygen atoms in total. The maximum absolute atomic E-state index is 12.7. The van der Waals surface area contributed by atoms with Crippen molar-refractivity contribution in [1.29, 1.82) is 0 Å². The highest BCUT2D eigenvalue weighted by Crippen LogP contribution is 2.41. The molecule has 0 bridgehead atoms. The zero-order valence-corrected chi connectivity index (χ0v) is 16.8. The van der Waals surface area contributed by atoms with Crippen molar-refractivity contribution in [2.45, 2.75) is 24.5 Å². The number of fused-ring (bicyclic) bond motifs is 1. The fourth-order valence-electron chi connectivity index (χ4n) is 2.50. The molecule has 1 aliphatic rings. The van der Waals surface area contributed by atoms with Crippen LogP contribution < -0.4 is 9.64 Å². The number of carbonyl (C=O) groups is 2. The molecule has 0 saturated heterocycles. The van der Waals surface area contributed by atoms with Crippen LogP contribution in [0.1, 0.15) is 12.5 Å². The molecule has 0 unspecified atom stereocenters. The third-order valence-electron chi connectivity index (χ3n) is 3.97. The number of ether oxygens (including phenoxy) is 1. The second-order valence-electron chi connectivity index (χ2n) is 5.95. The number of carboxylic acid groups (broad SMARTS) is 1. The minimum absolute atomic E-state index is 0.206. The Morgan fingerprint density at radius 3 is 2.63 bits per heavy atom. The molecule has 0 radical (unpaired) electrons. The summed E-state index contributed by atoms with van der Waals surface area (Å²) in [4.78, 5) is 26.0. The van der Waals surface area contributed by atoms with Gasteiger partial charge >= 0.3 is 12.0 Å². The van der Waals surface area contributed by atoms with Crippen LogP contribution in [0.4, 0.5) is 10.5 Å². The Bertz CT molecular complexity index is 909. The van der Waals surface area contributed by atoms with Crippen LogP contribution in [0.5, 0.6) is 5.75 Å². The van der Waals surface area contributed by atoms with E-state index in [0.717, 1.165) is 10.5 Å². The predicted octanol–water partition coefficient (Wildman–Crippen LogP) is 4.92. The van der Waals surface area contributed by atoms with Crippen molar-refractivity contribution in [3.05, 3.63) is 52.0 Å². The van der Waals surface area contributed by atoms with E-state index in [2.05, 4.69) is 0 Å². The van der Waals surface area contributed by atoms with Crippen LogP contribution in [-0.4, -0.2) is 34.6 Å². The Morgan fingerprint density at radius 2 is 1.96 bits per heavy atom. The van der Waals surface area contributed by atoms with Crippen LogP contribution in [0.15, 0.2) is 41.3 Å². The third-order valence-corrected chi connectivity index (χ3v) is 5.76. The maximum Gasteiger partial charge on any atom is 0.344 e. The van der Waals surface area contributed by atoms with Gasteiger partial charge in [0.2, 0.25) is 0 Å². The summed E-state index contributed by atoms with van der Waals surface area (Å²) in [6, 6.07) is 10.2. The van der Waals surface area contributed by atoms with Gasteiger partial charge in [-0.3, -0.25) is 9.21 Å². The van der Waals surface area contributed by atoms with Crippen molar-refractivity contribution < 1.29 is 19.4 Å². The van der Waals surface area contributed by atoms with E-state index < -0.39 is 12.1 Å². The Labute approximate surface area is 170 Å². The standard InChI is InChI=1S/C18H16Cl2N2O4S/c1-10(17(23)24)26-12-4-6-16-15(8-12)21(2)18(25)22(27-16)9-11-3-5-13(19)14(20)7-11/h3-8,10H,9H2,1-2H3,(H,23,24)/t10-/m1/s1. The topological polar surface area (TPSA) is 70.1 Å². The Hall–Kier alpha value is -2.09. The lowest BCUT2D eigenvalue weighted by atomic mass is 10.2. The van der Waals surface area contributed by atoms with Crippen LogP contribution in [0.3, 0.4) is 0 Å². The highest BCUT2D eigenvalue weighted by atomic mass is 35.5. The molecule has 0 fully saturated rings. The van der Waals surface area contributed by atoms with Crippen LogP contribution >= 0.6 is 35.1 Å². The second-order valence-corrected chi connectivity index (χ2v) is 7.82. The number of hydrogen-bond acceptors (Lipinski definition) is 4. The molecule has 2 aromatic rings. The van der Waals surface area contributed by atoms with Gasteiger partial charge in [-0.15, -0.1) is 0 Å². The van der Waals surface area contributed by atoms with Crippen LogP contribution in [0.25, 0.3) is 0 Å². The van der Waals surface area contributed by atoms with E-state index in [1.807, 2.05) is 6.07 Å². The SMILES string of the molecule is C[C@@H](Oc1ccc2c(c1)N(C)C(=O)N(Cc1ccc(Cl)c(Cl)c1)S2)C(=O)O. The first-order valence-corrected chi connectivity index (χ1v) is 9.50. The van der Waals surface area contributed by atoms with Crippen molar-refractivity contribution in [2.75, 3.05) is 11.9 Å². The molecular formula is C18H16Cl2N2O4S. The Balaban J connectivity index is 1.81. The number of amides is 2. The van der Waals surface area contributed by atoms with E-state index in [9.17, 15) is 9.59 Å². The highest BCUT2D eigenvalue weighted by molar-refractivity contribution is 7.97. The summed E-state index contributed by atoms with van der Waals surface area (Å²) in [6.07, 6.45) is -0.980. The first kappa shape index (κ1) is 19.7. The molecule has 0 saturated carbocycles. The summed E-state index contributed by atoms with van der Waals surface area (Å²) < 4.78 is 7.00. The largest absolute Gasteiger partial charge is 0.479 e. The molecule has 27 heavy (non-hydrogen) atoms. The molecule has 0 aliphatic carbocycles. The zero-order valence-electron chi connectivity index (χ0n) is 14.5. The van der Waals surface area contributed by atoms with Gasteiger partial charge in [0.15, 0.2) is 6.10 Å². The number of hydrogen-bond donors (Lipinski definition) is 1. The average molecular weight is 427 g/mol. The van der Waals surface area contributed by atoms with Gasteiger partial charge in [-0.1, -0.05) is 29.3 Å². The highest BCUT2D eigenvalue weighted by Gasteiger charge is 2.29. The van der Waals surface area contributed by atoms with Crippen LogP contribution in [-0.2, 0) is 11.3 Å². The van der Waals surface area contributed by atoms with Crippen molar-refractivity contribution in [3.8, 4) is 5.75 Å². The fourth-order valence-corrected chi connectivity index (χ4v) is 3.89. The first-order valence-electron chi connectivity index (χ1n) is 7.97. The molecule has 1 heterocycles. The van der Waals surface area contributed by atoms with E-state index in [1.54, 1.807) is 41.7 Å². The van der Waals surface area contributed by atoms with E-state index >= 15 is 0 Å². The van der Waals surface area contributed by atoms with Gasteiger partial charge < -0.3 is 9.84 Å². The maximum atomic E-state index is 12.7. The number of nitrogens with zero attached hydrogens (tertiary/aromatic N) is 2. The zero-order chi connectivity index (χ0) is 19.7. The Morgan fingerprint density at radius 1 is 1.22 bits per heavy atom. The molecule has 9 heteroatoms. The number of rotatable bonds is 5. The second kappa shape index (κ2) is 7.88. The van der Waals surface area contributed by atoms with Crippen molar-refractivity contribution in [1.82, 2.24) is 4.31 Å². The molecule has 1 aliphatic heterocycles. The number of urea groups is 1. The molecule has 3 rings (SSSR count). The summed E-state index contributed by atoms with van der Waals surface area (Å²) in [5.74, 6) is -0.666. The van der Waals surface area contributed by atoms with Gasteiger partial charge in [-0.2, -0.15) is 0 Å². The van der Waals surface area contributed by atoms with E-state index in [1.165, 1.54) is 23.8 Å². The quantitative estimate of drug-likeness (QED) is 0.686. The van der Waals surface area contributed by atoms with Gasteiger partial charge in [-0.05, 0) is 48.7 Å². The molecule has 0 aromatic heterocycles. The summed E-state index contributed by atoms with van der Waals surface area (Å²) in [5.41, 5.74) is 1.52. The molecule has 1 atom stereocenters. The number of benzene rings is 2. The minimum Gasteiger partial charge on any atom is -0.479 e. The normalized spacial score (nSPS) is 14.7.